The molecule has 0 spiro atoms. The van der Waals surface area contributed by atoms with Crippen molar-refractivity contribution in [1.82, 2.24) is 0 Å². The van der Waals surface area contributed by atoms with Crippen molar-refractivity contribution < 1.29 is 9.38 Å². The zero-order chi connectivity index (χ0) is 12.3. The summed E-state index contributed by atoms with van der Waals surface area (Å²) in [5.74, 6) is 0.829. The van der Waals surface area contributed by atoms with Gasteiger partial charge in [0.2, 0.25) is 0 Å². The monoisotopic (exact) mass is 233 g/mol. The van der Waals surface area contributed by atoms with Gasteiger partial charge in [0.1, 0.15) is 12.3 Å². The second kappa shape index (κ2) is 4.90. The van der Waals surface area contributed by atoms with Crippen LogP contribution < -0.4 is 4.74 Å². The predicted octanol–water partition coefficient (Wildman–Crippen LogP) is 2.64. The van der Waals surface area contributed by atoms with E-state index in [1.807, 2.05) is 12.1 Å². The molecule has 0 radical (unpaired) electrons. The van der Waals surface area contributed by atoms with Gasteiger partial charge in [-0.3, -0.25) is 0 Å². The Morgan fingerprint density at radius 1 is 1.47 bits per heavy atom. The number of hydroxylamine groups is 3. The van der Waals surface area contributed by atoms with Crippen molar-refractivity contribution in [1.29, 1.82) is 0 Å². The smallest absolute Gasteiger partial charge is 0.119 e. The Labute approximate surface area is 102 Å². The van der Waals surface area contributed by atoms with E-state index in [0.717, 1.165) is 24.2 Å². The van der Waals surface area contributed by atoms with E-state index in [0.29, 0.717) is 19.6 Å². The lowest BCUT2D eigenvalue weighted by molar-refractivity contribution is -0.887. The summed E-state index contributed by atoms with van der Waals surface area (Å²) in [7, 11) is 1.65. The Hall–Kier alpha value is -1.32. The van der Waals surface area contributed by atoms with Crippen molar-refractivity contribution in [3.05, 3.63) is 47.2 Å². The molecule has 2 rings (SSSR count). The number of rotatable bonds is 3. The van der Waals surface area contributed by atoms with Crippen LogP contribution in [0.2, 0.25) is 0 Å². The molecule has 1 heterocycles. The van der Waals surface area contributed by atoms with Gasteiger partial charge < -0.3 is 14.6 Å². The fraction of sp³-hybridized carbons (Fsp3) is 0.429. The maximum atomic E-state index is 12.5. The highest BCUT2D eigenvalue weighted by atomic mass is 16.5. The third-order valence-corrected chi connectivity index (χ3v) is 3.35. The molecule has 1 aliphatic rings. The fourth-order valence-corrected chi connectivity index (χ4v) is 2.46. The summed E-state index contributed by atoms with van der Waals surface area (Å²) < 4.78 is 5.03. The van der Waals surface area contributed by atoms with Crippen LogP contribution in [0.4, 0.5) is 0 Å². The first kappa shape index (κ1) is 12.1. The van der Waals surface area contributed by atoms with E-state index < -0.39 is 0 Å². The van der Waals surface area contributed by atoms with Crippen LogP contribution in [0.25, 0.3) is 0 Å². The minimum Gasteiger partial charge on any atom is -0.632 e. The lowest BCUT2D eigenvalue weighted by Crippen LogP contribution is -2.41. The van der Waals surface area contributed by atoms with Gasteiger partial charge in [-0.25, -0.2) is 0 Å². The van der Waals surface area contributed by atoms with Crippen molar-refractivity contribution in [3.8, 4) is 5.75 Å². The molecule has 1 aromatic carbocycles. The molecule has 0 aromatic heterocycles. The van der Waals surface area contributed by atoms with Gasteiger partial charge in [-0.2, -0.15) is 0 Å². The number of fused-ring (bicyclic) bond motifs is 1. The molecular formula is C14H19NO2. The zero-order valence-electron chi connectivity index (χ0n) is 10.3. The van der Waals surface area contributed by atoms with E-state index in [2.05, 4.69) is 12.6 Å². The first-order valence-corrected chi connectivity index (χ1v) is 6.01. The molecule has 1 atom stereocenters. The van der Waals surface area contributed by atoms with E-state index in [4.69, 9.17) is 4.74 Å². The quantitative estimate of drug-likeness (QED) is 0.456. The summed E-state index contributed by atoms with van der Waals surface area (Å²) in [6.07, 6.45) is 3.65. The molecule has 0 saturated heterocycles. The maximum absolute atomic E-state index is 12.5. The molecule has 3 heteroatoms. The topological polar surface area (TPSA) is 32.3 Å². The second-order valence-electron chi connectivity index (χ2n) is 4.65. The summed E-state index contributed by atoms with van der Waals surface area (Å²) in [5.41, 5.74) is 2.41. The first-order valence-electron chi connectivity index (χ1n) is 6.01. The van der Waals surface area contributed by atoms with E-state index in [1.165, 1.54) is 5.56 Å². The van der Waals surface area contributed by atoms with Crippen molar-refractivity contribution >= 4 is 0 Å². The normalized spacial score (nSPS) is 23.6. The molecule has 0 fully saturated rings. The number of aryl methyl sites for hydroxylation is 1. The molecule has 92 valence electrons. The molecule has 1 unspecified atom stereocenters. The molecule has 0 saturated carbocycles. The standard InChI is InChI=1S/C14H19NO2/c1-3-8-15(16)9-4-5-12-6-7-14(17-2)10-13(12)11-15/h3,6-7,10H,1,4-5,8-9,11H2,2H3. The highest BCUT2D eigenvalue weighted by Crippen LogP contribution is 2.26. The average Bonchev–Trinajstić information content (AvgIpc) is 2.46. The highest BCUT2D eigenvalue weighted by molar-refractivity contribution is 5.35. The number of methoxy groups -OCH3 is 1. The van der Waals surface area contributed by atoms with Crippen molar-refractivity contribution in [2.45, 2.75) is 19.4 Å². The number of quaternary nitrogens is 1. The molecule has 0 amide bonds. The number of hydrogen-bond acceptors (Lipinski definition) is 2. The minimum atomic E-state index is -0.191. The third kappa shape index (κ3) is 2.68. The summed E-state index contributed by atoms with van der Waals surface area (Å²) in [5, 5.41) is 12.5. The number of nitrogens with zero attached hydrogens (tertiary/aromatic N) is 1. The van der Waals surface area contributed by atoms with Gasteiger partial charge in [-0.1, -0.05) is 12.6 Å². The van der Waals surface area contributed by atoms with Crippen LogP contribution in [0.1, 0.15) is 17.5 Å². The maximum Gasteiger partial charge on any atom is 0.119 e. The van der Waals surface area contributed by atoms with Gasteiger partial charge in [0, 0.05) is 12.0 Å². The third-order valence-electron chi connectivity index (χ3n) is 3.35. The van der Waals surface area contributed by atoms with Gasteiger partial charge in [-0.15, -0.1) is 0 Å². The summed E-state index contributed by atoms with van der Waals surface area (Å²) >= 11 is 0. The van der Waals surface area contributed by atoms with Crippen LogP contribution in [-0.4, -0.2) is 24.8 Å². The Morgan fingerprint density at radius 2 is 2.29 bits per heavy atom. The Balaban J connectivity index is 2.31. The van der Waals surface area contributed by atoms with Crippen LogP contribution in [0, 0.1) is 5.21 Å². The van der Waals surface area contributed by atoms with Gasteiger partial charge in [0.05, 0.1) is 20.2 Å². The van der Waals surface area contributed by atoms with Crippen LogP contribution >= 0.6 is 0 Å². The van der Waals surface area contributed by atoms with Gasteiger partial charge in [0.15, 0.2) is 0 Å². The second-order valence-corrected chi connectivity index (χ2v) is 4.65. The van der Waals surface area contributed by atoms with Gasteiger partial charge >= 0.3 is 0 Å². The summed E-state index contributed by atoms with van der Waals surface area (Å²) in [6, 6.07) is 6.05. The van der Waals surface area contributed by atoms with Crippen molar-refractivity contribution in [2.24, 2.45) is 0 Å². The van der Waals surface area contributed by atoms with E-state index in [9.17, 15) is 5.21 Å². The van der Waals surface area contributed by atoms with Gasteiger partial charge in [-0.05, 0) is 30.2 Å². The molecule has 1 aromatic rings. The SMILES string of the molecule is C=CC[N+]1([O-])CCCc2ccc(OC)cc2C1. The van der Waals surface area contributed by atoms with Crippen LogP contribution in [0.5, 0.6) is 5.75 Å². The average molecular weight is 233 g/mol. The first-order chi connectivity index (χ1) is 8.17. The van der Waals surface area contributed by atoms with Crippen molar-refractivity contribution in [2.75, 3.05) is 20.2 Å². The minimum absolute atomic E-state index is 0.191. The number of hydrogen-bond donors (Lipinski definition) is 0. The largest absolute Gasteiger partial charge is 0.632 e. The molecule has 0 aliphatic carbocycles. The van der Waals surface area contributed by atoms with E-state index >= 15 is 0 Å². The Kier molecular flexibility index (Phi) is 3.50. The Morgan fingerprint density at radius 3 is 3.00 bits per heavy atom. The zero-order valence-corrected chi connectivity index (χ0v) is 10.3. The Bertz CT molecular complexity index is 417. The fourth-order valence-electron chi connectivity index (χ4n) is 2.46. The predicted molar refractivity (Wildman–Crippen MR) is 68.6 cm³/mol. The lowest BCUT2D eigenvalue weighted by Gasteiger charge is -2.41. The van der Waals surface area contributed by atoms with Crippen LogP contribution in [-0.2, 0) is 13.0 Å². The van der Waals surface area contributed by atoms with E-state index in [-0.39, 0.29) is 4.65 Å². The molecular weight excluding hydrogens is 214 g/mol. The summed E-state index contributed by atoms with van der Waals surface area (Å²) in [4.78, 5) is 0. The molecule has 0 N–H and O–H groups in total. The van der Waals surface area contributed by atoms with Crippen LogP contribution in [0.15, 0.2) is 30.9 Å². The number of ether oxygens (including phenoxy) is 1. The summed E-state index contributed by atoms with van der Waals surface area (Å²) in [6.45, 7) is 5.36. The molecule has 17 heavy (non-hydrogen) atoms. The van der Waals surface area contributed by atoms with Gasteiger partial charge in [0.25, 0.3) is 0 Å². The number of benzene rings is 1. The highest BCUT2D eigenvalue weighted by Gasteiger charge is 2.22. The van der Waals surface area contributed by atoms with Crippen LogP contribution in [0.3, 0.4) is 0 Å². The van der Waals surface area contributed by atoms with E-state index in [1.54, 1.807) is 13.2 Å². The lowest BCUT2D eigenvalue weighted by atomic mass is 10.0. The van der Waals surface area contributed by atoms with Crippen molar-refractivity contribution in [3.63, 3.8) is 0 Å². The molecule has 3 nitrogen and oxygen atoms in total. The molecule has 1 aliphatic heterocycles. The molecule has 0 bridgehead atoms.